The molecule has 9 nitrogen and oxygen atoms in total. The lowest BCUT2D eigenvalue weighted by molar-refractivity contribution is -0.134. The summed E-state index contributed by atoms with van der Waals surface area (Å²) in [6.45, 7) is 7.54. The summed E-state index contributed by atoms with van der Waals surface area (Å²) >= 11 is 0. The number of nitrogens with one attached hydrogen (secondary N) is 1. The van der Waals surface area contributed by atoms with E-state index in [0.29, 0.717) is 37.1 Å². The first-order chi connectivity index (χ1) is 15.0. The molecule has 2 aromatic rings. The predicted octanol–water partition coefficient (Wildman–Crippen LogP) is 2.14. The fourth-order valence-electron chi connectivity index (χ4n) is 4.00. The van der Waals surface area contributed by atoms with Crippen LogP contribution in [-0.2, 0) is 4.79 Å². The number of nitrogens with two attached hydrogens (primary N) is 1. The molecule has 31 heavy (non-hydrogen) atoms. The Morgan fingerprint density at radius 3 is 2.84 bits per heavy atom. The van der Waals surface area contributed by atoms with E-state index in [-0.39, 0.29) is 25.0 Å². The molecule has 2 fully saturated rings. The number of amides is 1. The van der Waals surface area contributed by atoms with E-state index in [2.05, 4.69) is 26.8 Å². The minimum Gasteiger partial charge on any atom is -0.396 e. The standard InChI is InChI=1S/C22H29N7O2/c1-3-16-10-19(25-13-24-16)26-18-11-17(23)22(27-21(18)15-4-5-15)28-7-8-29(14(2)12-28)20(31)6-9-30/h3,10-11,13-15,30H,1,4-9,12,23H2,2H3,(H,24,25,26)/t14-/m1/s1. The number of nitrogen functional groups attached to an aromatic ring is 1. The van der Waals surface area contributed by atoms with Crippen LogP contribution in [0.3, 0.4) is 0 Å². The smallest absolute Gasteiger partial charge is 0.225 e. The highest BCUT2D eigenvalue weighted by molar-refractivity contribution is 5.78. The van der Waals surface area contributed by atoms with Gasteiger partial charge in [-0.2, -0.15) is 0 Å². The third kappa shape index (κ3) is 4.61. The van der Waals surface area contributed by atoms with Crippen molar-refractivity contribution in [3.05, 3.63) is 36.4 Å². The molecule has 1 atom stereocenters. The zero-order valence-electron chi connectivity index (χ0n) is 17.8. The molecule has 9 heteroatoms. The van der Waals surface area contributed by atoms with Crippen LogP contribution in [0.4, 0.5) is 23.0 Å². The minimum absolute atomic E-state index is 0.0162. The molecule has 1 saturated heterocycles. The monoisotopic (exact) mass is 423 g/mol. The molecule has 2 aliphatic rings. The Balaban J connectivity index is 1.57. The van der Waals surface area contributed by atoms with E-state index >= 15 is 0 Å². The molecule has 164 valence electrons. The zero-order valence-corrected chi connectivity index (χ0v) is 17.8. The van der Waals surface area contributed by atoms with E-state index in [1.807, 2.05) is 24.0 Å². The number of anilines is 4. The van der Waals surface area contributed by atoms with E-state index in [4.69, 9.17) is 15.8 Å². The molecule has 0 unspecified atom stereocenters. The second kappa shape index (κ2) is 8.89. The molecule has 1 aliphatic heterocycles. The van der Waals surface area contributed by atoms with Gasteiger partial charge in [0.1, 0.15) is 12.1 Å². The van der Waals surface area contributed by atoms with Crippen LogP contribution in [0.15, 0.2) is 25.0 Å². The first-order valence-corrected chi connectivity index (χ1v) is 10.7. The van der Waals surface area contributed by atoms with Gasteiger partial charge in [0.25, 0.3) is 0 Å². The summed E-state index contributed by atoms with van der Waals surface area (Å²) in [4.78, 5) is 29.6. The quantitative estimate of drug-likeness (QED) is 0.619. The summed E-state index contributed by atoms with van der Waals surface area (Å²) in [6.07, 6.45) is 5.55. The number of piperazine rings is 1. The number of carbonyl (C=O) groups is 1. The Bertz CT molecular complexity index is 976. The number of rotatable bonds is 7. The van der Waals surface area contributed by atoms with E-state index < -0.39 is 0 Å². The van der Waals surface area contributed by atoms with Crippen LogP contribution in [0.2, 0.25) is 0 Å². The number of hydrogen-bond acceptors (Lipinski definition) is 8. The van der Waals surface area contributed by atoms with Gasteiger partial charge in [0, 0.05) is 44.1 Å². The topological polar surface area (TPSA) is 120 Å². The number of carbonyl (C=O) groups excluding carboxylic acids is 1. The van der Waals surface area contributed by atoms with Gasteiger partial charge in [-0.3, -0.25) is 4.79 Å². The third-order valence-corrected chi connectivity index (χ3v) is 5.76. The SMILES string of the molecule is C=Cc1cc(Nc2cc(N)c(N3CCN(C(=O)CCO)[C@H](C)C3)nc2C2CC2)ncn1. The highest BCUT2D eigenvalue weighted by Crippen LogP contribution is 2.45. The van der Waals surface area contributed by atoms with Crippen molar-refractivity contribution in [1.29, 1.82) is 0 Å². The predicted molar refractivity (Wildman–Crippen MR) is 121 cm³/mol. The van der Waals surface area contributed by atoms with Crippen molar-refractivity contribution in [1.82, 2.24) is 19.9 Å². The van der Waals surface area contributed by atoms with Crippen molar-refractivity contribution in [2.75, 3.05) is 42.2 Å². The van der Waals surface area contributed by atoms with Crippen molar-refractivity contribution in [2.24, 2.45) is 0 Å². The maximum Gasteiger partial charge on any atom is 0.225 e. The summed E-state index contributed by atoms with van der Waals surface area (Å²) in [5, 5.41) is 12.4. The van der Waals surface area contributed by atoms with Gasteiger partial charge in [-0.25, -0.2) is 15.0 Å². The van der Waals surface area contributed by atoms with Gasteiger partial charge in [0.05, 0.1) is 29.4 Å². The van der Waals surface area contributed by atoms with Crippen LogP contribution in [0.25, 0.3) is 6.08 Å². The average Bonchev–Trinajstić information content (AvgIpc) is 3.59. The minimum atomic E-state index is -0.125. The summed E-state index contributed by atoms with van der Waals surface area (Å²) in [5.74, 6) is 1.83. The Kier molecular flexibility index (Phi) is 6.03. The van der Waals surface area contributed by atoms with Crippen molar-refractivity contribution in [3.8, 4) is 0 Å². The van der Waals surface area contributed by atoms with Gasteiger partial charge in [0.15, 0.2) is 5.82 Å². The first kappa shape index (κ1) is 21.0. The van der Waals surface area contributed by atoms with Gasteiger partial charge in [-0.1, -0.05) is 6.58 Å². The number of hydrogen-bond donors (Lipinski definition) is 3. The van der Waals surface area contributed by atoms with Gasteiger partial charge < -0.3 is 26.0 Å². The molecule has 4 rings (SSSR count). The Labute approximate surface area is 182 Å². The van der Waals surface area contributed by atoms with Crippen LogP contribution in [-0.4, -0.2) is 63.1 Å². The molecule has 1 amide bonds. The Morgan fingerprint density at radius 1 is 1.35 bits per heavy atom. The molecule has 4 N–H and O–H groups in total. The van der Waals surface area contributed by atoms with Crippen LogP contribution < -0.4 is 16.0 Å². The lowest BCUT2D eigenvalue weighted by Crippen LogP contribution is -2.54. The summed E-state index contributed by atoms with van der Waals surface area (Å²) in [7, 11) is 0. The van der Waals surface area contributed by atoms with Gasteiger partial charge in [-0.15, -0.1) is 0 Å². The van der Waals surface area contributed by atoms with E-state index in [9.17, 15) is 4.79 Å². The average molecular weight is 424 g/mol. The summed E-state index contributed by atoms with van der Waals surface area (Å²) in [5.41, 5.74) is 9.62. The zero-order chi connectivity index (χ0) is 22.0. The van der Waals surface area contributed by atoms with Crippen LogP contribution in [0.1, 0.15) is 43.5 Å². The van der Waals surface area contributed by atoms with E-state index in [1.165, 1.54) is 6.33 Å². The van der Waals surface area contributed by atoms with Crippen LogP contribution in [0, 0.1) is 0 Å². The lowest BCUT2D eigenvalue weighted by Gasteiger charge is -2.41. The molecular formula is C22H29N7O2. The van der Waals surface area contributed by atoms with Crippen LogP contribution in [0.5, 0.6) is 0 Å². The normalized spacial score (nSPS) is 18.7. The number of aliphatic hydroxyl groups excluding tert-OH is 1. The van der Waals surface area contributed by atoms with Gasteiger partial charge in [0.2, 0.25) is 5.91 Å². The van der Waals surface area contributed by atoms with Gasteiger partial charge in [-0.05, 0) is 31.9 Å². The molecule has 2 aromatic heterocycles. The number of nitrogens with zero attached hydrogens (tertiary/aromatic N) is 5. The van der Waals surface area contributed by atoms with E-state index in [1.54, 1.807) is 6.08 Å². The highest BCUT2D eigenvalue weighted by Gasteiger charge is 2.32. The second-order valence-corrected chi connectivity index (χ2v) is 8.12. The number of pyridine rings is 1. The number of aromatic nitrogens is 3. The molecule has 0 aromatic carbocycles. The molecule has 1 aliphatic carbocycles. The maximum atomic E-state index is 12.2. The summed E-state index contributed by atoms with van der Waals surface area (Å²) < 4.78 is 0. The van der Waals surface area contributed by atoms with Crippen molar-refractivity contribution < 1.29 is 9.90 Å². The first-order valence-electron chi connectivity index (χ1n) is 10.7. The highest BCUT2D eigenvalue weighted by atomic mass is 16.3. The Hall–Kier alpha value is -3.20. The van der Waals surface area contributed by atoms with Crippen LogP contribution >= 0.6 is 0 Å². The summed E-state index contributed by atoms with van der Waals surface area (Å²) in [6, 6.07) is 3.78. The fraction of sp³-hybridized carbons (Fsp3) is 0.455. The fourth-order valence-corrected chi connectivity index (χ4v) is 4.00. The second-order valence-electron chi connectivity index (χ2n) is 8.12. The molecule has 3 heterocycles. The largest absolute Gasteiger partial charge is 0.396 e. The van der Waals surface area contributed by atoms with Crippen molar-refractivity contribution >= 4 is 35.0 Å². The van der Waals surface area contributed by atoms with Crippen molar-refractivity contribution in [2.45, 2.75) is 38.1 Å². The molecule has 0 spiro atoms. The lowest BCUT2D eigenvalue weighted by atomic mass is 10.1. The van der Waals surface area contributed by atoms with Gasteiger partial charge >= 0.3 is 0 Å². The molecule has 1 saturated carbocycles. The Morgan fingerprint density at radius 2 is 2.16 bits per heavy atom. The maximum absolute atomic E-state index is 12.2. The molecule has 0 bridgehead atoms. The third-order valence-electron chi connectivity index (χ3n) is 5.76. The number of aliphatic hydroxyl groups is 1. The molecular weight excluding hydrogens is 394 g/mol. The van der Waals surface area contributed by atoms with Crippen molar-refractivity contribution in [3.63, 3.8) is 0 Å². The molecule has 0 radical (unpaired) electrons. The van der Waals surface area contributed by atoms with E-state index in [0.717, 1.165) is 35.7 Å².